The van der Waals surface area contributed by atoms with Crippen molar-refractivity contribution in [3.8, 4) is 0 Å². The van der Waals surface area contributed by atoms with Crippen molar-refractivity contribution < 1.29 is 17.6 Å². The summed E-state index contributed by atoms with van der Waals surface area (Å²) in [6, 6.07) is 1.53. The highest BCUT2D eigenvalue weighted by atomic mass is 79.9. The minimum atomic E-state index is -3.68. The smallest absolute Gasteiger partial charge is 0.301 e. The van der Waals surface area contributed by atoms with E-state index < -0.39 is 21.2 Å². The predicted octanol–water partition coefficient (Wildman–Crippen LogP) is 2.54. The number of carbonyl (C=O) groups excluding carboxylic acids is 1. The number of amides is 1. The van der Waals surface area contributed by atoms with Crippen LogP contribution in [-0.4, -0.2) is 19.6 Å². The second kappa shape index (κ2) is 5.88. The Labute approximate surface area is 115 Å². The van der Waals surface area contributed by atoms with Crippen LogP contribution in [0.4, 0.5) is 0 Å². The van der Waals surface area contributed by atoms with E-state index in [1.807, 2.05) is 18.6 Å². The maximum atomic E-state index is 11.9. The fourth-order valence-corrected chi connectivity index (χ4v) is 3.09. The zero-order chi connectivity index (χ0) is 13.9. The minimum absolute atomic E-state index is 0.0460. The Morgan fingerprint density at radius 1 is 1.44 bits per heavy atom. The van der Waals surface area contributed by atoms with Gasteiger partial charge in [0.15, 0.2) is 0 Å². The van der Waals surface area contributed by atoms with Crippen molar-refractivity contribution in [2.45, 2.75) is 32.4 Å². The monoisotopic (exact) mass is 337 g/mol. The van der Waals surface area contributed by atoms with E-state index in [1.54, 1.807) is 6.92 Å². The summed E-state index contributed by atoms with van der Waals surface area (Å²) in [6.07, 6.45) is 1.80. The third-order valence-corrected chi connectivity index (χ3v) is 4.74. The molecule has 0 spiro atoms. The van der Waals surface area contributed by atoms with Crippen LogP contribution in [0.2, 0.25) is 0 Å². The Kier molecular flexibility index (Phi) is 4.98. The van der Waals surface area contributed by atoms with E-state index in [0.717, 1.165) is 0 Å². The summed E-state index contributed by atoms with van der Waals surface area (Å²) in [4.78, 5) is 11.7. The Morgan fingerprint density at radius 3 is 2.50 bits per heavy atom. The van der Waals surface area contributed by atoms with Crippen LogP contribution in [0.3, 0.4) is 0 Å². The Bertz CT molecular complexity index is 521. The fraction of sp³-hybridized carbons (Fsp3) is 0.545. The molecule has 1 aromatic rings. The highest BCUT2D eigenvalue weighted by molar-refractivity contribution is 9.10. The molecule has 1 heterocycles. The van der Waals surface area contributed by atoms with Gasteiger partial charge < -0.3 is 4.42 Å². The van der Waals surface area contributed by atoms with E-state index in [1.165, 1.54) is 12.3 Å². The van der Waals surface area contributed by atoms with Crippen molar-refractivity contribution in [3.05, 3.63) is 22.6 Å². The standard InChI is InChI=1S/C11H16BrNO4S/c1-7(2)6-8(3)18(15,16)13-11(14)10-9(12)4-5-17-10/h4-5,7-8H,6H2,1-3H3,(H,13,14)/t8-/m1/s1. The summed E-state index contributed by atoms with van der Waals surface area (Å²) in [5.41, 5.74) is 0. The molecule has 0 aliphatic heterocycles. The molecular weight excluding hydrogens is 322 g/mol. The highest BCUT2D eigenvalue weighted by Crippen LogP contribution is 2.18. The number of hydrogen-bond acceptors (Lipinski definition) is 4. The topological polar surface area (TPSA) is 76.4 Å². The van der Waals surface area contributed by atoms with Crippen molar-refractivity contribution >= 4 is 31.9 Å². The first kappa shape index (κ1) is 15.2. The summed E-state index contributed by atoms with van der Waals surface area (Å²) >= 11 is 3.10. The van der Waals surface area contributed by atoms with Crippen LogP contribution in [0.15, 0.2) is 21.2 Å². The highest BCUT2D eigenvalue weighted by Gasteiger charge is 2.26. The lowest BCUT2D eigenvalue weighted by molar-refractivity contribution is 0.0953. The summed E-state index contributed by atoms with van der Waals surface area (Å²) in [5, 5.41) is -0.629. The van der Waals surface area contributed by atoms with Crippen LogP contribution in [0, 0.1) is 5.92 Å². The Hall–Kier alpha value is -0.820. The molecule has 5 nitrogen and oxygen atoms in total. The van der Waals surface area contributed by atoms with E-state index in [-0.39, 0.29) is 11.7 Å². The molecular formula is C11H16BrNO4S. The number of halogens is 1. The van der Waals surface area contributed by atoms with Crippen LogP contribution in [-0.2, 0) is 10.0 Å². The Balaban J connectivity index is 2.78. The van der Waals surface area contributed by atoms with Crippen LogP contribution >= 0.6 is 15.9 Å². The van der Waals surface area contributed by atoms with E-state index in [0.29, 0.717) is 10.9 Å². The largest absolute Gasteiger partial charge is 0.458 e. The van der Waals surface area contributed by atoms with Gasteiger partial charge in [-0.05, 0) is 41.3 Å². The SMILES string of the molecule is CC(C)C[C@@H](C)S(=O)(=O)NC(=O)c1occc1Br. The van der Waals surface area contributed by atoms with Gasteiger partial charge in [0.05, 0.1) is 16.0 Å². The van der Waals surface area contributed by atoms with Crippen LogP contribution < -0.4 is 4.72 Å². The van der Waals surface area contributed by atoms with E-state index in [4.69, 9.17) is 4.42 Å². The average Bonchev–Trinajstić information content (AvgIpc) is 2.62. The normalized spacial score (nSPS) is 13.6. The number of rotatable bonds is 5. The van der Waals surface area contributed by atoms with Gasteiger partial charge in [-0.3, -0.25) is 4.79 Å². The van der Waals surface area contributed by atoms with Crippen molar-refractivity contribution in [3.63, 3.8) is 0 Å². The fourth-order valence-electron chi connectivity index (χ4n) is 1.52. The van der Waals surface area contributed by atoms with Gasteiger partial charge in [0, 0.05) is 0 Å². The quantitative estimate of drug-likeness (QED) is 0.895. The molecule has 1 amide bonds. The van der Waals surface area contributed by atoms with Gasteiger partial charge in [-0.25, -0.2) is 13.1 Å². The molecule has 0 fully saturated rings. The lowest BCUT2D eigenvalue weighted by atomic mass is 10.1. The number of sulfonamides is 1. The molecule has 102 valence electrons. The van der Waals surface area contributed by atoms with Gasteiger partial charge in [0.1, 0.15) is 0 Å². The minimum Gasteiger partial charge on any atom is -0.458 e. The third-order valence-electron chi connectivity index (χ3n) is 2.39. The summed E-state index contributed by atoms with van der Waals surface area (Å²) in [6.45, 7) is 5.43. The molecule has 0 bridgehead atoms. The number of carbonyl (C=O) groups is 1. The Morgan fingerprint density at radius 2 is 2.06 bits per heavy atom. The zero-order valence-corrected chi connectivity index (χ0v) is 12.8. The van der Waals surface area contributed by atoms with Gasteiger partial charge in [0.25, 0.3) is 0 Å². The number of hydrogen-bond donors (Lipinski definition) is 1. The van der Waals surface area contributed by atoms with Gasteiger partial charge in [0.2, 0.25) is 15.8 Å². The zero-order valence-electron chi connectivity index (χ0n) is 10.4. The first-order valence-corrected chi connectivity index (χ1v) is 7.87. The molecule has 0 unspecified atom stereocenters. The summed E-state index contributed by atoms with van der Waals surface area (Å²) in [5.74, 6) is -0.570. The second-order valence-electron chi connectivity index (χ2n) is 4.51. The molecule has 0 saturated carbocycles. The van der Waals surface area contributed by atoms with Crippen molar-refractivity contribution in [1.82, 2.24) is 4.72 Å². The molecule has 0 saturated heterocycles. The van der Waals surface area contributed by atoms with Crippen molar-refractivity contribution in [2.24, 2.45) is 5.92 Å². The van der Waals surface area contributed by atoms with E-state index >= 15 is 0 Å². The molecule has 0 aromatic carbocycles. The van der Waals surface area contributed by atoms with Gasteiger partial charge in [-0.1, -0.05) is 13.8 Å². The number of furan rings is 1. The van der Waals surface area contributed by atoms with Crippen LogP contribution in [0.1, 0.15) is 37.7 Å². The van der Waals surface area contributed by atoms with E-state index in [2.05, 4.69) is 15.9 Å². The summed E-state index contributed by atoms with van der Waals surface area (Å²) in [7, 11) is -3.68. The molecule has 1 atom stereocenters. The molecule has 0 aliphatic carbocycles. The third kappa shape index (κ3) is 3.84. The lowest BCUT2D eigenvalue weighted by Gasteiger charge is -2.15. The molecule has 1 rings (SSSR count). The molecule has 1 N–H and O–H groups in total. The van der Waals surface area contributed by atoms with Crippen LogP contribution in [0.5, 0.6) is 0 Å². The van der Waals surface area contributed by atoms with Crippen molar-refractivity contribution in [1.29, 1.82) is 0 Å². The molecule has 7 heteroatoms. The first-order chi connectivity index (χ1) is 8.24. The van der Waals surface area contributed by atoms with Gasteiger partial charge in [-0.15, -0.1) is 0 Å². The molecule has 0 aliphatic rings. The van der Waals surface area contributed by atoms with Crippen molar-refractivity contribution in [2.75, 3.05) is 0 Å². The predicted molar refractivity (Wildman–Crippen MR) is 71.7 cm³/mol. The second-order valence-corrected chi connectivity index (χ2v) is 7.47. The van der Waals surface area contributed by atoms with Gasteiger partial charge >= 0.3 is 5.91 Å². The summed E-state index contributed by atoms with van der Waals surface area (Å²) < 4.78 is 31.1. The molecule has 1 aromatic heterocycles. The molecule has 0 radical (unpaired) electrons. The first-order valence-electron chi connectivity index (χ1n) is 5.53. The van der Waals surface area contributed by atoms with E-state index in [9.17, 15) is 13.2 Å². The maximum absolute atomic E-state index is 11.9. The number of nitrogens with one attached hydrogen (secondary N) is 1. The molecule has 18 heavy (non-hydrogen) atoms. The van der Waals surface area contributed by atoms with Gasteiger partial charge in [-0.2, -0.15) is 0 Å². The lowest BCUT2D eigenvalue weighted by Crippen LogP contribution is -2.37. The average molecular weight is 338 g/mol. The van der Waals surface area contributed by atoms with Crippen LogP contribution in [0.25, 0.3) is 0 Å². The maximum Gasteiger partial charge on any atom is 0.301 e.